The fraction of sp³-hybridized carbons (Fsp3) is 0.385. The summed E-state index contributed by atoms with van der Waals surface area (Å²) in [6, 6.07) is 3.91. The van der Waals surface area contributed by atoms with Crippen molar-refractivity contribution in [2.24, 2.45) is 0 Å². The predicted octanol–water partition coefficient (Wildman–Crippen LogP) is 2.71. The number of ether oxygens (including phenoxy) is 1. The quantitative estimate of drug-likeness (QED) is 0.605. The van der Waals surface area contributed by atoms with Crippen molar-refractivity contribution in [3.05, 3.63) is 23.3 Å². The minimum atomic E-state index is 0.295. The number of nitrogens with two attached hydrogens (primary N) is 1. The molecule has 15 heavy (non-hydrogen) atoms. The molecule has 0 heterocycles. The molecular weight excluding hydrogens is 186 g/mol. The zero-order valence-electron chi connectivity index (χ0n) is 9.50. The van der Waals surface area contributed by atoms with Crippen LogP contribution in [0.5, 0.6) is 5.75 Å². The fourth-order valence-electron chi connectivity index (χ4n) is 1.41. The fourth-order valence-corrected chi connectivity index (χ4v) is 1.41. The first kappa shape index (κ1) is 11.5. The van der Waals surface area contributed by atoms with Crippen molar-refractivity contribution in [1.29, 1.82) is 0 Å². The van der Waals surface area contributed by atoms with Crippen molar-refractivity contribution >= 4 is 5.69 Å². The summed E-state index contributed by atoms with van der Waals surface area (Å²) in [5.74, 6) is 3.68. The van der Waals surface area contributed by atoms with Crippen LogP contribution in [0.4, 0.5) is 5.69 Å². The van der Waals surface area contributed by atoms with E-state index in [1.807, 2.05) is 19.1 Å². The number of hydrogen-bond acceptors (Lipinski definition) is 2. The normalized spacial score (nSPS) is 10.1. The molecule has 0 saturated heterocycles. The molecular formula is C13H17NO. The summed E-state index contributed by atoms with van der Waals surface area (Å²) in [5, 5.41) is 0. The lowest BCUT2D eigenvalue weighted by Crippen LogP contribution is -2.02. The second kappa shape index (κ2) is 4.75. The molecule has 1 aromatic rings. The number of aryl methyl sites for hydroxylation is 1. The molecule has 0 spiro atoms. The largest absolute Gasteiger partial charge is 0.481 e. The van der Waals surface area contributed by atoms with Gasteiger partial charge in [0.25, 0.3) is 0 Å². The van der Waals surface area contributed by atoms with Gasteiger partial charge in [0.2, 0.25) is 0 Å². The van der Waals surface area contributed by atoms with Gasteiger partial charge in [-0.15, -0.1) is 6.42 Å². The summed E-state index contributed by atoms with van der Waals surface area (Å²) in [7, 11) is 0. The first-order valence-corrected chi connectivity index (χ1v) is 5.02. The lowest BCUT2D eigenvalue weighted by Gasteiger charge is -2.15. The van der Waals surface area contributed by atoms with E-state index in [1.165, 1.54) is 0 Å². The molecule has 1 aromatic carbocycles. The summed E-state index contributed by atoms with van der Waals surface area (Å²) in [6.07, 6.45) is 5.17. The zero-order chi connectivity index (χ0) is 11.4. The summed E-state index contributed by atoms with van der Waals surface area (Å²) < 4.78 is 5.49. The molecule has 2 N–H and O–H groups in total. The Morgan fingerprint density at radius 3 is 2.67 bits per heavy atom. The number of hydrogen-bond donors (Lipinski definition) is 1. The van der Waals surface area contributed by atoms with Crippen LogP contribution in [-0.2, 0) is 0 Å². The molecule has 0 aliphatic carbocycles. The van der Waals surface area contributed by atoms with E-state index in [0.29, 0.717) is 12.5 Å². The van der Waals surface area contributed by atoms with Gasteiger partial charge in [-0.05, 0) is 36.1 Å². The maximum Gasteiger partial charge on any atom is 0.148 e. The summed E-state index contributed by atoms with van der Waals surface area (Å²) in [6.45, 7) is 6.46. The lowest BCUT2D eigenvalue weighted by molar-refractivity contribution is 0.364. The Labute approximate surface area is 91.4 Å². The van der Waals surface area contributed by atoms with Crippen LogP contribution >= 0.6 is 0 Å². The van der Waals surface area contributed by atoms with Crippen molar-refractivity contribution in [3.63, 3.8) is 0 Å². The number of anilines is 1. The molecule has 0 aromatic heterocycles. The third kappa shape index (κ3) is 2.66. The molecule has 0 aliphatic heterocycles. The van der Waals surface area contributed by atoms with E-state index in [1.54, 1.807) is 0 Å². The van der Waals surface area contributed by atoms with Gasteiger partial charge in [0.15, 0.2) is 0 Å². The van der Waals surface area contributed by atoms with Crippen LogP contribution in [0.3, 0.4) is 0 Å². The van der Waals surface area contributed by atoms with E-state index in [2.05, 4.69) is 19.8 Å². The van der Waals surface area contributed by atoms with Gasteiger partial charge in [-0.1, -0.05) is 19.8 Å². The highest BCUT2D eigenvalue weighted by molar-refractivity contribution is 5.55. The maximum atomic E-state index is 5.86. The van der Waals surface area contributed by atoms with Gasteiger partial charge in [-0.2, -0.15) is 0 Å². The smallest absolute Gasteiger partial charge is 0.148 e. The first-order chi connectivity index (χ1) is 7.06. The zero-order valence-corrected chi connectivity index (χ0v) is 9.50. The Balaban J connectivity index is 3.11. The molecule has 0 bridgehead atoms. The summed E-state index contributed by atoms with van der Waals surface area (Å²) >= 11 is 0. The van der Waals surface area contributed by atoms with Crippen LogP contribution in [-0.4, -0.2) is 6.61 Å². The minimum Gasteiger partial charge on any atom is -0.481 e. The number of benzene rings is 1. The number of nitrogen functional groups attached to an aromatic ring is 1. The highest BCUT2D eigenvalue weighted by atomic mass is 16.5. The Morgan fingerprint density at radius 1 is 1.47 bits per heavy atom. The molecule has 0 saturated carbocycles. The van der Waals surface area contributed by atoms with Gasteiger partial charge in [-0.25, -0.2) is 0 Å². The van der Waals surface area contributed by atoms with Crippen molar-refractivity contribution < 1.29 is 4.74 Å². The second-order valence-corrected chi connectivity index (χ2v) is 3.89. The number of rotatable bonds is 3. The molecule has 0 fully saturated rings. The van der Waals surface area contributed by atoms with Crippen molar-refractivity contribution in [1.82, 2.24) is 0 Å². The van der Waals surface area contributed by atoms with Gasteiger partial charge >= 0.3 is 0 Å². The van der Waals surface area contributed by atoms with Crippen LogP contribution in [0.15, 0.2) is 12.1 Å². The standard InChI is InChI=1S/C13H17NO/c1-5-6-15-13-7-10(4)12(14)8-11(13)9(2)3/h1,7-9H,6,14H2,2-4H3. The van der Waals surface area contributed by atoms with Crippen LogP contribution in [0.25, 0.3) is 0 Å². The van der Waals surface area contributed by atoms with E-state index in [9.17, 15) is 0 Å². The Morgan fingerprint density at radius 2 is 2.13 bits per heavy atom. The summed E-state index contributed by atoms with van der Waals surface area (Å²) in [4.78, 5) is 0. The van der Waals surface area contributed by atoms with Crippen molar-refractivity contribution in [3.8, 4) is 18.1 Å². The van der Waals surface area contributed by atoms with E-state index >= 15 is 0 Å². The van der Waals surface area contributed by atoms with Crippen molar-refractivity contribution in [2.45, 2.75) is 26.7 Å². The van der Waals surface area contributed by atoms with Crippen LogP contribution in [0.2, 0.25) is 0 Å². The van der Waals surface area contributed by atoms with Gasteiger partial charge in [0, 0.05) is 5.69 Å². The molecule has 1 rings (SSSR count). The van der Waals surface area contributed by atoms with Crippen molar-refractivity contribution in [2.75, 3.05) is 12.3 Å². The molecule has 0 aliphatic rings. The Bertz CT molecular complexity index is 388. The molecule has 0 atom stereocenters. The van der Waals surface area contributed by atoms with Gasteiger partial charge in [-0.3, -0.25) is 0 Å². The average Bonchev–Trinajstić information content (AvgIpc) is 2.19. The first-order valence-electron chi connectivity index (χ1n) is 5.02. The third-order valence-electron chi connectivity index (χ3n) is 2.33. The lowest BCUT2D eigenvalue weighted by atomic mass is 9.99. The number of terminal acetylenes is 1. The molecule has 0 amide bonds. The van der Waals surface area contributed by atoms with Gasteiger partial charge in [0.1, 0.15) is 12.4 Å². The molecule has 80 valence electrons. The van der Waals surface area contributed by atoms with E-state index in [0.717, 1.165) is 22.6 Å². The third-order valence-corrected chi connectivity index (χ3v) is 2.33. The Kier molecular flexibility index (Phi) is 3.62. The topological polar surface area (TPSA) is 35.2 Å². The molecule has 0 unspecified atom stereocenters. The monoisotopic (exact) mass is 203 g/mol. The highest BCUT2D eigenvalue weighted by Gasteiger charge is 2.10. The molecule has 0 radical (unpaired) electrons. The van der Waals surface area contributed by atoms with E-state index < -0.39 is 0 Å². The molecule has 2 heteroatoms. The van der Waals surface area contributed by atoms with E-state index in [4.69, 9.17) is 16.9 Å². The Hall–Kier alpha value is -1.62. The van der Waals surface area contributed by atoms with Crippen LogP contribution in [0, 0.1) is 19.3 Å². The van der Waals surface area contributed by atoms with Crippen LogP contribution in [0.1, 0.15) is 30.9 Å². The highest BCUT2D eigenvalue weighted by Crippen LogP contribution is 2.30. The maximum absolute atomic E-state index is 5.86. The molecule has 2 nitrogen and oxygen atoms in total. The predicted molar refractivity (Wildman–Crippen MR) is 64.0 cm³/mol. The SMILES string of the molecule is C#CCOc1cc(C)c(N)cc1C(C)C. The summed E-state index contributed by atoms with van der Waals surface area (Å²) in [5.41, 5.74) is 8.78. The average molecular weight is 203 g/mol. The second-order valence-electron chi connectivity index (χ2n) is 3.89. The van der Waals surface area contributed by atoms with Gasteiger partial charge in [0.05, 0.1) is 0 Å². The van der Waals surface area contributed by atoms with E-state index in [-0.39, 0.29) is 0 Å². The van der Waals surface area contributed by atoms with Crippen LogP contribution < -0.4 is 10.5 Å². The van der Waals surface area contributed by atoms with Gasteiger partial charge < -0.3 is 10.5 Å². The minimum absolute atomic E-state index is 0.295.